The molecule has 134 valence electrons. The van der Waals surface area contributed by atoms with E-state index in [9.17, 15) is 9.18 Å². The summed E-state index contributed by atoms with van der Waals surface area (Å²) < 4.78 is 20.4. The molecule has 1 heterocycles. The number of nitrogens with one attached hydrogen (secondary N) is 2. The minimum absolute atomic E-state index is 0.0699. The number of ether oxygens (including phenoxy) is 1. The van der Waals surface area contributed by atoms with Gasteiger partial charge in [-0.2, -0.15) is 4.68 Å². The number of tetrazole rings is 1. The number of aromatic nitrogens is 4. The van der Waals surface area contributed by atoms with Crippen LogP contribution in [0.1, 0.15) is 12.7 Å². The van der Waals surface area contributed by atoms with E-state index in [-0.39, 0.29) is 12.2 Å². The maximum Gasteiger partial charge on any atom is 0.319 e. The van der Waals surface area contributed by atoms with E-state index in [0.717, 1.165) is 11.4 Å². The average Bonchev–Trinajstić information content (AvgIpc) is 3.11. The normalized spacial score (nSPS) is 10.4. The molecule has 26 heavy (non-hydrogen) atoms. The van der Waals surface area contributed by atoms with Gasteiger partial charge in [0.15, 0.2) is 5.82 Å². The summed E-state index contributed by atoms with van der Waals surface area (Å²) in [5, 5.41) is 16.5. The molecule has 0 saturated carbocycles. The second kappa shape index (κ2) is 8.06. The Morgan fingerprint density at radius 3 is 2.69 bits per heavy atom. The van der Waals surface area contributed by atoms with E-state index in [1.165, 1.54) is 16.8 Å². The number of halogens is 1. The summed E-state index contributed by atoms with van der Waals surface area (Å²) in [5.41, 5.74) is 0.820. The molecule has 0 bridgehead atoms. The van der Waals surface area contributed by atoms with Crippen LogP contribution >= 0.6 is 0 Å². The number of hydrogen-bond acceptors (Lipinski definition) is 5. The number of benzene rings is 2. The average molecular weight is 356 g/mol. The molecule has 3 rings (SSSR count). The van der Waals surface area contributed by atoms with E-state index < -0.39 is 11.8 Å². The summed E-state index contributed by atoms with van der Waals surface area (Å²) in [4.78, 5) is 11.9. The quantitative estimate of drug-likeness (QED) is 0.708. The number of nitrogens with zero attached hydrogens (tertiary/aromatic N) is 4. The highest BCUT2D eigenvalue weighted by Gasteiger charge is 2.11. The first-order chi connectivity index (χ1) is 12.7. The highest BCUT2D eigenvalue weighted by molar-refractivity contribution is 5.89. The number of hydrogen-bond donors (Lipinski definition) is 2. The van der Waals surface area contributed by atoms with Crippen molar-refractivity contribution in [3.8, 4) is 11.4 Å². The van der Waals surface area contributed by atoms with Crippen molar-refractivity contribution < 1.29 is 13.9 Å². The molecular formula is C17H17FN6O2. The molecule has 2 amide bonds. The zero-order valence-electron chi connectivity index (χ0n) is 14.0. The molecule has 0 spiro atoms. The zero-order chi connectivity index (χ0) is 18.4. The summed E-state index contributed by atoms with van der Waals surface area (Å²) in [5.74, 6) is 0.660. The highest BCUT2D eigenvalue weighted by atomic mass is 19.1. The lowest BCUT2D eigenvalue weighted by Crippen LogP contribution is -2.29. The molecule has 0 aliphatic carbocycles. The predicted molar refractivity (Wildman–Crippen MR) is 92.6 cm³/mol. The smallest absolute Gasteiger partial charge is 0.319 e. The topological polar surface area (TPSA) is 94.0 Å². The first-order valence-electron chi connectivity index (χ1n) is 7.97. The van der Waals surface area contributed by atoms with Gasteiger partial charge in [0.2, 0.25) is 0 Å². The Kier molecular flexibility index (Phi) is 5.37. The lowest BCUT2D eigenvalue weighted by molar-refractivity contribution is 0.251. The van der Waals surface area contributed by atoms with Gasteiger partial charge in [0, 0.05) is 0 Å². The number of urea groups is 1. The Labute approximate surface area is 149 Å². The second-order valence-corrected chi connectivity index (χ2v) is 5.22. The van der Waals surface area contributed by atoms with Crippen molar-refractivity contribution >= 4 is 11.7 Å². The molecule has 0 aliphatic rings. The molecule has 2 N–H and O–H groups in total. The summed E-state index contributed by atoms with van der Waals surface area (Å²) in [6, 6.07) is 12.6. The van der Waals surface area contributed by atoms with E-state index in [4.69, 9.17) is 4.74 Å². The number of para-hydroxylation sites is 1. The number of anilines is 1. The van der Waals surface area contributed by atoms with Crippen molar-refractivity contribution in [3.63, 3.8) is 0 Å². The molecule has 1 aromatic heterocycles. The minimum atomic E-state index is -0.559. The van der Waals surface area contributed by atoms with Crippen molar-refractivity contribution in [2.24, 2.45) is 0 Å². The standard InChI is InChI=1S/C17H17FN6O2/c1-2-26-13-9-7-12(8-10-13)24-16(21-22-23-24)11-19-17(25)20-15-6-4-3-5-14(15)18/h3-10H,2,11H2,1H3,(H2,19,20,25). The number of carbonyl (C=O) groups is 1. The SMILES string of the molecule is CCOc1ccc(-n2nnnc2CNC(=O)Nc2ccccc2F)cc1. The summed E-state index contributed by atoms with van der Waals surface area (Å²) in [6.45, 7) is 2.56. The Balaban J connectivity index is 1.63. The van der Waals surface area contributed by atoms with Crippen LogP contribution in [-0.2, 0) is 6.54 Å². The fraction of sp³-hybridized carbons (Fsp3) is 0.176. The maximum absolute atomic E-state index is 13.5. The van der Waals surface area contributed by atoms with Gasteiger partial charge < -0.3 is 15.4 Å². The van der Waals surface area contributed by atoms with E-state index in [1.807, 2.05) is 31.2 Å². The van der Waals surface area contributed by atoms with Gasteiger partial charge in [-0.25, -0.2) is 9.18 Å². The van der Waals surface area contributed by atoms with Crippen LogP contribution in [0.3, 0.4) is 0 Å². The molecule has 0 atom stereocenters. The number of amides is 2. The van der Waals surface area contributed by atoms with Crippen LogP contribution in [-0.4, -0.2) is 32.8 Å². The molecule has 9 heteroatoms. The summed E-state index contributed by atoms with van der Waals surface area (Å²) in [6.07, 6.45) is 0. The third kappa shape index (κ3) is 4.12. The lowest BCUT2D eigenvalue weighted by Gasteiger charge is -2.09. The number of carbonyl (C=O) groups excluding carboxylic acids is 1. The Hall–Kier alpha value is -3.49. The van der Waals surface area contributed by atoms with E-state index >= 15 is 0 Å². The van der Waals surface area contributed by atoms with E-state index in [1.54, 1.807) is 12.1 Å². The fourth-order valence-corrected chi connectivity index (χ4v) is 2.26. The van der Waals surface area contributed by atoms with Gasteiger partial charge in [0.25, 0.3) is 0 Å². The van der Waals surface area contributed by atoms with Crippen LogP contribution in [0, 0.1) is 5.82 Å². The van der Waals surface area contributed by atoms with Crippen LogP contribution in [0.25, 0.3) is 5.69 Å². The first kappa shape index (κ1) is 17.3. The molecular weight excluding hydrogens is 339 g/mol. The van der Waals surface area contributed by atoms with Crippen molar-refractivity contribution in [3.05, 3.63) is 60.2 Å². The van der Waals surface area contributed by atoms with Crippen molar-refractivity contribution in [1.82, 2.24) is 25.5 Å². The van der Waals surface area contributed by atoms with Gasteiger partial charge in [0.1, 0.15) is 11.6 Å². The van der Waals surface area contributed by atoms with E-state index in [0.29, 0.717) is 12.4 Å². The maximum atomic E-state index is 13.5. The predicted octanol–water partition coefficient (Wildman–Crippen LogP) is 2.52. The third-order valence-corrected chi connectivity index (χ3v) is 3.46. The summed E-state index contributed by atoms with van der Waals surface area (Å²) >= 11 is 0. The largest absolute Gasteiger partial charge is 0.494 e. The van der Waals surface area contributed by atoms with E-state index in [2.05, 4.69) is 26.2 Å². The van der Waals surface area contributed by atoms with Gasteiger partial charge >= 0.3 is 6.03 Å². The monoisotopic (exact) mass is 356 g/mol. The molecule has 2 aromatic carbocycles. The van der Waals surface area contributed by atoms with Gasteiger partial charge in [-0.05, 0) is 53.7 Å². The van der Waals surface area contributed by atoms with Crippen molar-refractivity contribution in [2.45, 2.75) is 13.5 Å². The van der Waals surface area contributed by atoms with Crippen LogP contribution < -0.4 is 15.4 Å². The molecule has 3 aromatic rings. The molecule has 0 unspecified atom stereocenters. The van der Waals surface area contributed by atoms with Gasteiger partial charge in [-0.3, -0.25) is 0 Å². The van der Waals surface area contributed by atoms with Gasteiger partial charge in [-0.15, -0.1) is 5.10 Å². The Bertz CT molecular complexity index is 881. The highest BCUT2D eigenvalue weighted by Crippen LogP contribution is 2.15. The van der Waals surface area contributed by atoms with Crippen LogP contribution in [0.2, 0.25) is 0 Å². The van der Waals surface area contributed by atoms with Gasteiger partial charge in [0.05, 0.1) is 24.5 Å². The Morgan fingerprint density at radius 1 is 1.19 bits per heavy atom. The van der Waals surface area contributed by atoms with Crippen molar-refractivity contribution in [2.75, 3.05) is 11.9 Å². The third-order valence-electron chi connectivity index (χ3n) is 3.46. The van der Waals surface area contributed by atoms with Crippen molar-refractivity contribution in [1.29, 1.82) is 0 Å². The molecule has 0 radical (unpaired) electrons. The molecule has 0 aliphatic heterocycles. The molecule has 8 nitrogen and oxygen atoms in total. The fourth-order valence-electron chi connectivity index (χ4n) is 2.26. The number of rotatable bonds is 6. The van der Waals surface area contributed by atoms with Crippen LogP contribution in [0.5, 0.6) is 5.75 Å². The van der Waals surface area contributed by atoms with Crippen LogP contribution in [0.15, 0.2) is 48.5 Å². The van der Waals surface area contributed by atoms with Gasteiger partial charge in [-0.1, -0.05) is 12.1 Å². The zero-order valence-corrected chi connectivity index (χ0v) is 14.0. The minimum Gasteiger partial charge on any atom is -0.494 e. The van der Waals surface area contributed by atoms with Crippen LogP contribution in [0.4, 0.5) is 14.9 Å². The molecule has 0 fully saturated rings. The molecule has 0 saturated heterocycles. The lowest BCUT2D eigenvalue weighted by atomic mass is 10.3. The Morgan fingerprint density at radius 2 is 1.96 bits per heavy atom. The second-order valence-electron chi connectivity index (χ2n) is 5.22. The summed E-state index contributed by atoms with van der Waals surface area (Å²) in [7, 11) is 0. The first-order valence-corrected chi connectivity index (χ1v) is 7.97.